The molecule has 0 amide bonds. The summed E-state index contributed by atoms with van der Waals surface area (Å²) >= 11 is 1.42. The molecule has 0 unspecified atom stereocenters. The number of aromatic nitrogens is 1. The van der Waals surface area contributed by atoms with Gasteiger partial charge in [0.1, 0.15) is 17.7 Å². The molecule has 0 aliphatic rings. The van der Waals surface area contributed by atoms with E-state index in [4.69, 9.17) is 9.47 Å². The molecule has 3 rings (SSSR count). The fourth-order valence-corrected chi connectivity index (χ4v) is 3.32. The summed E-state index contributed by atoms with van der Waals surface area (Å²) in [6.07, 6.45) is 1.75. The summed E-state index contributed by atoms with van der Waals surface area (Å²) in [7, 11) is 1.54. The molecule has 0 aliphatic heterocycles. The van der Waals surface area contributed by atoms with Gasteiger partial charge in [0, 0.05) is 23.2 Å². The van der Waals surface area contributed by atoms with Crippen LogP contribution in [0.25, 0.3) is 11.6 Å². The maximum atomic E-state index is 10.7. The Morgan fingerprint density at radius 2 is 2.03 bits per heavy atom. The van der Waals surface area contributed by atoms with Crippen LogP contribution in [0.4, 0.5) is 5.69 Å². The molecule has 146 valence electrons. The minimum absolute atomic E-state index is 0.0335. The Hall–Kier alpha value is -3.70. The van der Waals surface area contributed by atoms with Crippen LogP contribution >= 0.6 is 11.3 Å². The van der Waals surface area contributed by atoms with Crippen molar-refractivity contribution in [3.63, 3.8) is 0 Å². The lowest BCUT2D eigenvalue weighted by Gasteiger charge is -2.11. The van der Waals surface area contributed by atoms with Crippen LogP contribution in [0.1, 0.15) is 21.8 Å². The molecule has 0 radical (unpaired) electrons. The molecule has 7 nitrogen and oxygen atoms in total. The molecule has 3 aromatic rings. The highest BCUT2D eigenvalue weighted by Gasteiger charge is 2.10. The van der Waals surface area contributed by atoms with Gasteiger partial charge in [-0.25, -0.2) is 4.98 Å². The third-order valence-electron chi connectivity index (χ3n) is 4.01. The normalized spacial score (nSPS) is 11.0. The Balaban J connectivity index is 1.77. The smallest absolute Gasteiger partial charge is 0.269 e. The summed E-state index contributed by atoms with van der Waals surface area (Å²) in [5.41, 5.74) is 2.97. The van der Waals surface area contributed by atoms with Crippen LogP contribution in [-0.2, 0) is 6.61 Å². The number of ether oxygens (including phenoxy) is 2. The second-order valence-corrected chi connectivity index (χ2v) is 6.94. The molecule has 0 saturated carbocycles. The maximum Gasteiger partial charge on any atom is 0.269 e. The Bertz CT molecular complexity index is 1100. The SMILES string of the molecule is COc1cc(/C=C(\C#N)c2nc(C)cs2)ccc1OCc1ccc([N+](=O)[O-])cc1. The zero-order valence-corrected chi connectivity index (χ0v) is 16.6. The van der Waals surface area contributed by atoms with Gasteiger partial charge in [0.05, 0.1) is 17.6 Å². The number of thiazole rings is 1. The van der Waals surface area contributed by atoms with Crippen molar-refractivity contribution in [3.05, 3.63) is 79.8 Å². The molecular weight excluding hydrogens is 390 g/mol. The molecule has 0 saturated heterocycles. The highest BCUT2D eigenvalue weighted by atomic mass is 32.1. The highest BCUT2D eigenvalue weighted by Crippen LogP contribution is 2.31. The van der Waals surface area contributed by atoms with E-state index < -0.39 is 4.92 Å². The van der Waals surface area contributed by atoms with E-state index in [9.17, 15) is 15.4 Å². The van der Waals surface area contributed by atoms with E-state index in [0.717, 1.165) is 16.8 Å². The number of nitro benzene ring substituents is 1. The minimum Gasteiger partial charge on any atom is -0.493 e. The predicted octanol–water partition coefficient (Wildman–Crippen LogP) is 5.01. The molecule has 0 spiro atoms. The molecule has 0 aliphatic carbocycles. The third kappa shape index (κ3) is 4.97. The van der Waals surface area contributed by atoms with Crippen LogP contribution in [-0.4, -0.2) is 17.0 Å². The van der Waals surface area contributed by atoms with Gasteiger partial charge in [-0.2, -0.15) is 5.26 Å². The zero-order chi connectivity index (χ0) is 20.8. The van der Waals surface area contributed by atoms with Crippen molar-refractivity contribution in [1.29, 1.82) is 5.26 Å². The number of hydrogen-bond donors (Lipinski definition) is 0. The summed E-state index contributed by atoms with van der Waals surface area (Å²) in [6.45, 7) is 2.13. The second-order valence-electron chi connectivity index (χ2n) is 6.09. The first kappa shape index (κ1) is 20.0. The predicted molar refractivity (Wildman–Crippen MR) is 111 cm³/mol. The number of aryl methyl sites for hydroxylation is 1. The number of methoxy groups -OCH3 is 1. The minimum atomic E-state index is -0.442. The van der Waals surface area contributed by atoms with E-state index in [0.29, 0.717) is 22.1 Å². The molecule has 8 heteroatoms. The largest absolute Gasteiger partial charge is 0.493 e. The number of allylic oxidation sites excluding steroid dienone is 1. The summed E-state index contributed by atoms with van der Waals surface area (Å²) < 4.78 is 11.2. The second kappa shape index (κ2) is 8.99. The first-order valence-corrected chi connectivity index (χ1v) is 9.46. The quantitative estimate of drug-likeness (QED) is 0.310. The Kier molecular flexibility index (Phi) is 6.22. The fourth-order valence-electron chi connectivity index (χ4n) is 2.55. The van der Waals surface area contributed by atoms with E-state index in [2.05, 4.69) is 11.1 Å². The zero-order valence-electron chi connectivity index (χ0n) is 15.8. The van der Waals surface area contributed by atoms with E-state index in [1.807, 2.05) is 18.4 Å². The fraction of sp³-hybridized carbons (Fsp3) is 0.143. The Morgan fingerprint density at radius 1 is 1.28 bits per heavy atom. The molecule has 1 heterocycles. The van der Waals surface area contributed by atoms with Crippen molar-refractivity contribution in [2.75, 3.05) is 7.11 Å². The van der Waals surface area contributed by atoms with Gasteiger partial charge in [-0.3, -0.25) is 10.1 Å². The molecule has 0 bridgehead atoms. The van der Waals surface area contributed by atoms with Crippen molar-refractivity contribution < 1.29 is 14.4 Å². The average Bonchev–Trinajstić information content (AvgIpc) is 3.17. The van der Waals surface area contributed by atoms with E-state index in [1.165, 1.54) is 30.6 Å². The lowest BCUT2D eigenvalue weighted by Crippen LogP contribution is -1.98. The van der Waals surface area contributed by atoms with Crippen LogP contribution in [0.15, 0.2) is 47.8 Å². The van der Waals surface area contributed by atoms with Gasteiger partial charge < -0.3 is 9.47 Å². The van der Waals surface area contributed by atoms with Crippen LogP contribution in [0.5, 0.6) is 11.5 Å². The number of non-ortho nitro benzene ring substituents is 1. The summed E-state index contributed by atoms with van der Waals surface area (Å²) in [5, 5.41) is 22.7. The molecule has 0 fully saturated rings. The molecular formula is C21H17N3O4S. The Labute approximate surface area is 171 Å². The molecule has 0 N–H and O–H groups in total. The number of nitrogens with zero attached hydrogens (tertiary/aromatic N) is 3. The van der Waals surface area contributed by atoms with Crippen molar-refractivity contribution in [2.24, 2.45) is 0 Å². The van der Waals surface area contributed by atoms with Crippen molar-refractivity contribution >= 4 is 28.7 Å². The standard InChI is InChI=1S/C21H17N3O4S/c1-14-13-29-21(23-14)17(11-22)9-16-5-8-19(20(10-16)27-2)28-12-15-3-6-18(7-4-15)24(25)26/h3-10,13H,12H2,1-2H3/b17-9+. The van der Waals surface area contributed by atoms with Crippen molar-refractivity contribution in [3.8, 4) is 17.6 Å². The monoisotopic (exact) mass is 407 g/mol. The van der Waals surface area contributed by atoms with E-state index >= 15 is 0 Å². The van der Waals surface area contributed by atoms with Crippen LogP contribution < -0.4 is 9.47 Å². The Morgan fingerprint density at radius 3 is 2.62 bits per heavy atom. The van der Waals surface area contributed by atoms with Gasteiger partial charge in [0.25, 0.3) is 5.69 Å². The highest BCUT2D eigenvalue weighted by molar-refractivity contribution is 7.11. The van der Waals surface area contributed by atoms with Gasteiger partial charge in [0.15, 0.2) is 11.5 Å². The van der Waals surface area contributed by atoms with Crippen LogP contribution in [0, 0.1) is 28.4 Å². The van der Waals surface area contributed by atoms with Crippen LogP contribution in [0.2, 0.25) is 0 Å². The molecule has 0 atom stereocenters. The number of nitro groups is 1. The lowest BCUT2D eigenvalue weighted by atomic mass is 10.1. The topological polar surface area (TPSA) is 98.3 Å². The van der Waals surface area contributed by atoms with Gasteiger partial charge in [-0.05, 0) is 48.4 Å². The van der Waals surface area contributed by atoms with Gasteiger partial charge in [0.2, 0.25) is 0 Å². The van der Waals surface area contributed by atoms with E-state index in [-0.39, 0.29) is 12.3 Å². The van der Waals surface area contributed by atoms with Crippen molar-refractivity contribution in [2.45, 2.75) is 13.5 Å². The van der Waals surface area contributed by atoms with E-state index in [1.54, 1.807) is 30.3 Å². The number of hydrogen-bond acceptors (Lipinski definition) is 7. The molecule has 29 heavy (non-hydrogen) atoms. The first-order chi connectivity index (χ1) is 14.0. The van der Waals surface area contributed by atoms with Crippen molar-refractivity contribution in [1.82, 2.24) is 4.98 Å². The van der Waals surface area contributed by atoms with Gasteiger partial charge in [-0.15, -0.1) is 11.3 Å². The lowest BCUT2D eigenvalue weighted by molar-refractivity contribution is -0.384. The number of rotatable bonds is 7. The van der Waals surface area contributed by atoms with Gasteiger partial charge in [-0.1, -0.05) is 6.07 Å². The number of nitriles is 1. The molecule has 2 aromatic carbocycles. The summed E-state index contributed by atoms with van der Waals surface area (Å²) in [5.74, 6) is 1.06. The average molecular weight is 407 g/mol. The van der Waals surface area contributed by atoms with Crippen LogP contribution in [0.3, 0.4) is 0 Å². The molecule has 1 aromatic heterocycles. The summed E-state index contributed by atoms with van der Waals surface area (Å²) in [4.78, 5) is 14.6. The first-order valence-electron chi connectivity index (χ1n) is 8.58. The maximum absolute atomic E-state index is 10.7. The summed E-state index contributed by atoms with van der Waals surface area (Å²) in [6, 6.07) is 13.7. The van der Waals surface area contributed by atoms with Gasteiger partial charge >= 0.3 is 0 Å². The number of benzene rings is 2. The third-order valence-corrected chi connectivity index (χ3v) is 5.00.